The third kappa shape index (κ3) is 4.68. The van der Waals surface area contributed by atoms with E-state index in [1.165, 1.54) is 4.80 Å². The van der Waals surface area contributed by atoms with Gasteiger partial charge in [-0.15, -0.1) is 4.68 Å². The fourth-order valence-corrected chi connectivity index (χ4v) is 4.60. The van der Waals surface area contributed by atoms with Crippen LogP contribution in [-0.2, 0) is 4.79 Å². The summed E-state index contributed by atoms with van der Waals surface area (Å²) in [4.78, 5) is 27.2. The summed E-state index contributed by atoms with van der Waals surface area (Å²) < 4.78 is 1.74. The van der Waals surface area contributed by atoms with E-state index in [1.807, 2.05) is 12.1 Å². The second kappa shape index (κ2) is 9.61. The molecule has 0 radical (unpaired) electrons. The Balaban J connectivity index is 1.76. The summed E-state index contributed by atoms with van der Waals surface area (Å²) in [6.45, 7) is 1.77. The molecule has 0 spiro atoms. The third-order valence-corrected chi connectivity index (χ3v) is 6.46. The quantitative estimate of drug-likeness (QED) is 0.399. The molecule has 0 saturated heterocycles. The molecule has 3 aromatic rings. The largest absolute Gasteiger partial charge is 0.310 e. The first-order valence-electron chi connectivity index (χ1n) is 10.4. The van der Waals surface area contributed by atoms with Crippen LogP contribution in [-0.4, -0.2) is 21.7 Å². The lowest BCUT2D eigenvalue weighted by Gasteiger charge is -2.19. The molecule has 1 N–H and O–H groups in total. The Bertz CT molecular complexity index is 1170. The third-order valence-electron chi connectivity index (χ3n) is 5.67. The minimum absolute atomic E-state index is 0.134. The number of benzene rings is 2. The molecular formula is C23H22Cl3N4O2+. The van der Waals surface area contributed by atoms with Crippen molar-refractivity contribution < 1.29 is 14.3 Å². The molecular weight excluding hydrogens is 471 g/mol. The summed E-state index contributed by atoms with van der Waals surface area (Å²) in [5.74, 6) is -0.917. The Morgan fingerprint density at radius 2 is 1.66 bits per heavy atom. The second-order valence-corrected chi connectivity index (χ2v) is 9.14. The van der Waals surface area contributed by atoms with Gasteiger partial charge in [0.15, 0.2) is 11.4 Å². The molecule has 0 unspecified atom stereocenters. The molecule has 1 fully saturated rings. The first kappa shape index (κ1) is 22.8. The van der Waals surface area contributed by atoms with Crippen LogP contribution >= 0.6 is 34.8 Å². The van der Waals surface area contributed by atoms with Crippen molar-refractivity contribution in [3.8, 4) is 11.4 Å². The Kier molecular flexibility index (Phi) is 6.84. The van der Waals surface area contributed by atoms with Crippen molar-refractivity contribution in [3.63, 3.8) is 0 Å². The van der Waals surface area contributed by atoms with E-state index in [-0.39, 0.29) is 17.5 Å². The molecule has 2 aromatic carbocycles. The van der Waals surface area contributed by atoms with Crippen LogP contribution in [0.15, 0.2) is 42.5 Å². The minimum Gasteiger partial charge on any atom is -0.289 e. The molecule has 1 saturated carbocycles. The highest BCUT2D eigenvalue weighted by Crippen LogP contribution is 2.25. The van der Waals surface area contributed by atoms with Crippen molar-refractivity contribution in [2.24, 2.45) is 5.92 Å². The van der Waals surface area contributed by atoms with Crippen LogP contribution in [0.5, 0.6) is 0 Å². The number of carbonyl (C=O) groups is 2. The first-order valence-corrected chi connectivity index (χ1v) is 11.6. The van der Waals surface area contributed by atoms with Gasteiger partial charge in [-0.2, -0.15) is 0 Å². The highest BCUT2D eigenvalue weighted by atomic mass is 35.5. The lowest BCUT2D eigenvalue weighted by atomic mass is 9.88. The molecule has 0 bridgehead atoms. The average molecular weight is 493 g/mol. The van der Waals surface area contributed by atoms with Gasteiger partial charge in [0.1, 0.15) is 5.69 Å². The van der Waals surface area contributed by atoms with E-state index in [1.54, 1.807) is 41.9 Å². The molecule has 1 heterocycles. The number of carbonyl (C=O) groups excluding carboxylic acids is 2. The summed E-state index contributed by atoms with van der Waals surface area (Å²) in [6.07, 6.45) is 4.75. The molecule has 0 aliphatic heterocycles. The predicted octanol–water partition coefficient (Wildman–Crippen LogP) is 5.25. The van der Waals surface area contributed by atoms with E-state index in [0.29, 0.717) is 26.4 Å². The fourth-order valence-electron chi connectivity index (χ4n) is 3.99. The Morgan fingerprint density at radius 1 is 1.00 bits per heavy atom. The van der Waals surface area contributed by atoms with Crippen molar-refractivity contribution >= 4 is 46.6 Å². The Labute approximate surface area is 201 Å². The normalized spacial score (nSPS) is 14.4. The smallest absolute Gasteiger partial charge is 0.289 e. The van der Waals surface area contributed by atoms with E-state index < -0.39 is 5.91 Å². The molecule has 6 nitrogen and oxygen atoms in total. The second-order valence-electron chi connectivity index (χ2n) is 7.86. The number of imide groups is 1. The Hall–Kier alpha value is -2.41. The molecule has 1 aromatic heterocycles. The van der Waals surface area contributed by atoms with Gasteiger partial charge in [-0.05, 0) is 60.1 Å². The van der Waals surface area contributed by atoms with Crippen molar-refractivity contribution in [2.75, 3.05) is 0 Å². The molecule has 1 aliphatic rings. The van der Waals surface area contributed by atoms with Gasteiger partial charge in [0.2, 0.25) is 5.91 Å². The molecule has 4 rings (SSSR count). The van der Waals surface area contributed by atoms with Gasteiger partial charge in [-0.1, -0.05) is 54.1 Å². The maximum Gasteiger partial charge on any atom is 0.310 e. The lowest BCUT2D eigenvalue weighted by molar-refractivity contribution is -0.685. The van der Waals surface area contributed by atoms with Crippen LogP contribution in [0.1, 0.15) is 48.3 Å². The number of rotatable bonds is 4. The van der Waals surface area contributed by atoms with Crippen molar-refractivity contribution in [2.45, 2.75) is 39.0 Å². The molecule has 32 heavy (non-hydrogen) atoms. The number of hydrogen-bond donors (Lipinski definition) is 1. The van der Waals surface area contributed by atoms with Crippen LogP contribution in [0.4, 0.5) is 0 Å². The molecule has 9 heteroatoms. The highest BCUT2D eigenvalue weighted by Gasteiger charge is 2.33. The van der Waals surface area contributed by atoms with E-state index in [9.17, 15) is 9.59 Å². The van der Waals surface area contributed by atoms with Gasteiger partial charge in [-0.25, -0.2) is 0 Å². The summed E-state index contributed by atoms with van der Waals surface area (Å²) in [6, 6.07) is 12.1. The zero-order valence-corrected chi connectivity index (χ0v) is 19.7. The van der Waals surface area contributed by atoms with Crippen molar-refractivity contribution in [1.29, 1.82) is 0 Å². The zero-order valence-electron chi connectivity index (χ0n) is 17.4. The SMILES string of the molecule is Cc1c(C(=O)NC(=O)C2CCCCC2)nn(-c2ccc(Cl)cc2Cl)[n+]1-c1ccc(Cl)cc1. The average Bonchev–Trinajstić information content (AvgIpc) is 3.12. The van der Waals surface area contributed by atoms with Gasteiger partial charge in [0.25, 0.3) is 0 Å². The standard InChI is InChI=1S/C23H21Cl3N4O2/c1-14-21(23(32)27-22(31)15-5-3-2-4-6-15)28-30(20-12-9-17(25)13-19(20)26)29(14)18-10-7-16(24)8-11-18/h7-13,15H,2-6H2,1H3/p+1. The van der Waals surface area contributed by atoms with Gasteiger partial charge < -0.3 is 0 Å². The predicted molar refractivity (Wildman–Crippen MR) is 124 cm³/mol. The number of nitrogens with zero attached hydrogens (tertiary/aromatic N) is 3. The molecule has 166 valence electrons. The first-order chi connectivity index (χ1) is 15.3. The van der Waals surface area contributed by atoms with E-state index >= 15 is 0 Å². The van der Waals surface area contributed by atoms with Crippen LogP contribution in [0.3, 0.4) is 0 Å². The van der Waals surface area contributed by atoms with Crippen LogP contribution in [0, 0.1) is 12.8 Å². The number of nitrogens with one attached hydrogen (secondary N) is 1. The maximum absolute atomic E-state index is 13.0. The lowest BCUT2D eigenvalue weighted by Crippen LogP contribution is -2.43. The van der Waals surface area contributed by atoms with Crippen LogP contribution in [0.2, 0.25) is 15.1 Å². The summed E-state index contributed by atoms with van der Waals surface area (Å²) >= 11 is 18.6. The number of hydrogen-bond acceptors (Lipinski definition) is 3. The zero-order chi connectivity index (χ0) is 22.8. The van der Waals surface area contributed by atoms with Gasteiger partial charge in [-0.3, -0.25) is 14.9 Å². The fraction of sp³-hybridized carbons (Fsp3) is 0.304. The van der Waals surface area contributed by atoms with Gasteiger partial charge in [0.05, 0.1) is 10.1 Å². The van der Waals surface area contributed by atoms with Crippen molar-refractivity contribution in [3.05, 3.63) is 68.9 Å². The van der Waals surface area contributed by atoms with Crippen LogP contribution < -0.4 is 10.00 Å². The van der Waals surface area contributed by atoms with E-state index in [2.05, 4.69) is 10.4 Å². The monoisotopic (exact) mass is 491 g/mol. The topological polar surface area (TPSA) is 67.9 Å². The summed E-state index contributed by atoms with van der Waals surface area (Å²) in [7, 11) is 0. The molecule has 2 amide bonds. The molecule has 0 atom stereocenters. The summed E-state index contributed by atoms with van der Waals surface area (Å²) in [5, 5.41) is 8.50. The van der Waals surface area contributed by atoms with Crippen molar-refractivity contribution in [1.82, 2.24) is 15.2 Å². The molecule has 1 aliphatic carbocycles. The highest BCUT2D eigenvalue weighted by molar-refractivity contribution is 6.35. The van der Waals surface area contributed by atoms with E-state index in [4.69, 9.17) is 34.8 Å². The number of halogens is 3. The van der Waals surface area contributed by atoms with Gasteiger partial charge >= 0.3 is 11.6 Å². The summed E-state index contributed by atoms with van der Waals surface area (Å²) in [5.41, 5.74) is 1.94. The Morgan fingerprint density at radius 3 is 2.31 bits per heavy atom. The van der Waals surface area contributed by atoms with Crippen LogP contribution in [0.25, 0.3) is 11.4 Å². The minimum atomic E-state index is -0.537. The number of aromatic nitrogens is 3. The number of amides is 2. The van der Waals surface area contributed by atoms with Gasteiger partial charge in [0, 0.05) is 22.9 Å². The van der Waals surface area contributed by atoms with E-state index in [0.717, 1.165) is 37.8 Å². The maximum atomic E-state index is 13.0.